The Bertz CT molecular complexity index is 738. The van der Waals surface area contributed by atoms with Gasteiger partial charge in [0.15, 0.2) is 0 Å². The fourth-order valence-electron chi connectivity index (χ4n) is 3.09. The lowest BCUT2D eigenvalue weighted by Crippen LogP contribution is -2.23. The molecule has 1 N–H and O–H groups in total. The molecule has 23 heavy (non-hydrogen) atoms. The highest BCUT2D eigenvalue weighted by Gasteiger charge is 2.22. The van der Waals surface area contributed by atoms with Gasteiger partial charge >= 0.3 is 6.03 Å². The number of benzene rings is 1. The van der Waals surface area contributed by atoms with Crippen molar-refractivity contribution in [2.75, 3.05) is 25.7 Å². The molecule has 0 aromatic heterocycles. The molecule has 130 valence electrons. The van der Waals surface area contributed by atoms with Crippen molar-refractivity contribution in [3.8, 4) is 0 Å². The van der Waals surface area contributed by atoms with Crippen LogP contribution >= 0.6 is 0 Å². The number of carbonyl (C=O) groups excluding carboxylic acids is 1. The average molecular weight is 340 g/mol. The minimum atomic E-state index is -2.67. The second-order valence-electron chi connectivity index (χ2n) is 6.18. The molecule has 0 spiro atoms. The number of aryl methyl sites for hydroxylation is 2. The number of urea groups is 1. The molecule has 5 nitrogen and oxygen atoms in total. The quantitative estimate of drug-likeness (QED) is 0.910. The highest BCUT2D eigenvalue weighted by molar-refractivity contribution is 7.90. The maximum absolute atomic E-state index is 12.3. The lowest BCUT2D eigenvalue weighted by atomic mass is 9.94. The van der Waals surface area contributed by atoms with Crippen LogP contribution in [0.4, 0.5) is 10.5 Å². The van der Waals surface area contributed by atoms with E-state index in [0.717, 1.165) is 37.8 Å². The number of carbonyl (C=O) groups is 1. The smallest absolute Gasteiger partial charge is 0.305 e. The summed E-state index contributed by atoms with van der Waals surface area (Å²) in [6.07, 6.45) is 6.44. The van der Waals surface area contributed by atoms with E-state index in [2.05, 4.69) is 29.6 Å². The zero-order valence-electron chi connectivity index (χ0n) is 14.7. The molecule has 2 rings (SSSR count). The van der Waals surface area contributed by atoms with E-state index in [1.54, 1.807) is 14.1 Å². The molecule has 1 aliphatic carbocycles. The van der Waals surface area contributed by atoms with E-state index in [1.165, 1.54) is 32.8 Å². The number of fused-ring (bicyclic) bond motifs is 1. The minimum Gasteiger partial charge on any atom is -0.305 e. The number of nitrogens with one attached hydrogen (secondary N) is 1. The van der Waals surface area contributed by atoms with Crippen molar-refractivity contribution in [1.29, 1.82) is 0 Å². The highest BCUT2D eigenvalue weighted by atomic mass is 32.2. The molecule has 0 saturated carbocycles. The summed E-state index contributed by atoms with van der Waals surface area (Å²) in [7, 11) is 0.647. The van der Waals surface area contributed by atoms with Crippen LogP contribution in [0.2, 0.25) is 0 Å². The van der Waals surface area contributed by atoms with Gasteiger partial charge in [-0.25, -0.2) is 13.3 Å². The van der Waals surface area contributed by atoms with Crippen LogP contribution in [0.1, 0.15) is 43.9 Å². The monoisotopic (exact) mass is 339 g/mol. The largest absolute Gasteiger partial charge is 0.354 e. The number of amides is 2. The van der Waals surface area contributed by atoms with Gasteiger partial charge in [0.05, 0.1) is 0 Å². The predicted octanol–water partition coefficient (Wildman–Crippen LogP) is 3.65. The normalized spacial score (nSPS) is 16.1. The van der Waals surface area contributed by atoms with Crippen molar-refractivity contribution in [1.82, 2.24) is 4.31 Å². The van der Waals surface area contributed by atoms with Crippen molar-refractivity contribution < 1.29 is 10.4 Å². The SMILES string of the molecule is CCc1cc2c(c(NC(=O)N=S(C)(=O)N(C)C)c1CC)CCC2.[HH]. The summed E-state index contributed by atoms with van der Waals surface area (Å²) in [6.45, 7) is 4.24. The van der Waals surface area contributed by atoms with Gasteiger partial charge in [0.25, 0.3) is 0 Å². The Morgan fingerprint density at radius 2 is 2.04 bits per heavy atom. The third-order valence-electron chi connectivity index (χ3n) is 4.50. The van der Waals surface area contributed by atoms with Crippen molar-refractivity contribution in [2.45, 2.75) is 46.0 Å². The molecule has 2 amide bonds. The third kappa shape index (κ3) is 3.75. The fourth-order valence-corrected chi connectivity index (χ4v) is 3.60. The lowest BCUT2D eigenvalue weighted by molar-refractivity contribution is 0.259. The van der Waals surface area contributed by atoms with Crippen LogP contribution in [0, 0.1) is 0 Å². The van der Waals surface area contributed by atoms with E-state index in [1.807, 2.05) is 0 Å². The van der Waals surface area contributed by atoms with Crippen LogP contribution < -0.4 is 5.32 Å². The number of anilines is 1. The lowest BCUT2D eigenvalue weighted by Gasteiger charge is -2.18. The summed E-state index contributed by atoms with van der Waals surface area (Å²) in [5.74, 6) is 0. The predicted molar refractivity (Wildman–Crippen MR) is 98.5 cm³/mol. The highest BCUT2D eigenvalue weighted by Crippen LogP contribution is 2.35. The summed E-state index contributed by atoms with van der Waals surface area (Å²) < 4.78 is 17.6. The van der Waals surface area contributed by atoms with Crippen LogP contribution in [0.15, 0.2) is 10.4 Å². The summed E-state index contributed by atoms with van der Waals surface area (Å²) in [6, 6.07) is 1.76. The maximum atomic E-state index is 12.3. The number of hydrogen-bond acceptors (Lipinski definition) is 2. The first kappa shape index (κ1) is 17.9. The average Bonchev–Trinajstić information content (AvgIpc) is 2.94. The summed E-state index contributed by atoms with van der Waals surface area (Å²) in [5.41, 5.74) is 5.94. The van der Waals surface area contributed by atoms with Gasteiger partial charge in [-0.3, -0.25) is 0 Å². The second kappa shape index (κ2) is 7.01. The molecule has 1 atom stereocenters. The molecule has 0 aliphatic heterocycles. The summed E-state index contributed by atoms with van der Waals surface area (Å²) >= 11 is 0. The molecule has 0 fully saturated rings. The van der Waals surface area contributed by atoms with Gasteiger partial charge < -0.3 is 5.32 Å². The standard InChI is InChI=1S/C17H27N3O2S.H2/c1-6-12-11-13-9-8-10-15(13)16(14(12)7-2)18-17(21)19-23(5,22)20(3)4;/h11H,6-10H2,1-5H3,(H,18,21);1H. The first-order valence-corrected chi connectivity index (χ1v) is 10.0. The third-order valence-corrected chi connectivity index (χ3v) is 6.36. The maximum Gasteiger partial charge on any atom is 0.354 e. The fraction of sp³-hybridized carbons (Fsp3) is 0.588. The van der Waals surface area contributed by atoms with E-state index in [9.17, 15) is 9.00 Å². The van der Waals surface area contributed by atoms with E-state index in [-0.39, 0.29) is 1.43 Å². The topological polar surface area (TPSA) is 61.8 Å². The number of hydrogen-bond donors (Lipinski definition) is 1. The Hall–Kier alpha value is -1.40. The Balaban J connectivity index is 0.00000288. The molecular formula is C17H29N3O2S. The van der Waals surface area contributed by atoms with Gasteiger partial charge in [0, 0.05) is 27.5 Å². The molecule has 1 aliphatic rings. The van der Waals surface area contributed by atoms with Gasteiger partial charge in [0.2, 0.25) is 0 Å². The van der Waals surface area contributed by atoms with Crippen molar-refractivity contribution in [3.05, 3.63) is 28.3 Å². The zero-order chi connectivity index (χ0) is 17.2. The Morgan fingerprint density at radius 3 is 2.61 bits per heavy atom. The van der Waals surface area contributed by atoms with Crippen molar-refractivity contribution in [3.63, 3.8) is 0 Å². The molecule has 0 radical (unpaired) electrons. The molecule has 1 unspecified atom stereocenters. The van der Waals surface area contributed by atoms with Crippen LogP contribution in [-0.2, 0) is 35.6 Å². The number of nitrogens with zero attached hydrogens (tertiary/aromatic N) is 2. The van der Waals surface area contributed by atoms with Gasteiger partial charge in [-0.1, -0.05) is 19.9 Å². The Kier molecular flexibility index (Phi) is 5.47. The van der Waals surface area contributed by atoms with Gasteiger partial charge in [-0.2, -0.15) is 0 Å². The minimum absolute atomic E-state index is 0. The summed E-state index contributed by atoms with van der Waals surface area (Å²) in [4.78, 5) is 12.3. The Morgan fingerprint density at radius 1 is 1.35 bits per heavy atom. The van der Waals surface area contributed by atoms with E-state index in [0.29, 0.717) is 0 Å². The van der Waals surface area contributed by atoms with E-state index < -0.39 is 15.9 Å². The zero-order valence-corrected chi connectivity index (χ0v) is 15.5. The molecule has 6 heteroatoms. The first-order chi connectivity index (χ1) is 10.8. The van der Waals surface area contributed by atoms with Gasteiger partial charge in [-0.15, -0.1) is 4.36 Å². The van der Waals surface area contributed by atoms with E-state index in [4.69, 9.17) is 0 Å². The molecule has 0 heterocycles. The van der Waals surface area contributed by atoms with Crippen LogP contribution in [-0.4, -0.2) is 34.9 Å². The van der Waals surface area contributed by atoms with E-state index >= 15 is 0 Å². The van der Waals surface area contributed by atoms with Gasteiger partial charge in [-0.05, 0) is 54.4 Å². The second-order valence-corrected chi connectivity index (χ2v) is 8.62. The summed E-state index contributed by atoms with van der Waals surface area (Å²) in [5, 5.41) is 2.94. The van der Waals surface area contributed by atoms with Crippen molar-refractivity contribution in [2.24, 2.45) is 4.36 Å². The van der Waals surface area contributed by atoms with Gasteiger partial charge in [0.1, 0.15) is 9.92 Å². The Labute approximate surface area is 141 Å². The molecule has 1 aromatic rings. The number of rotatable bonds is 4. The van der Waals surface area contributed by atoms with Crippen LogP contribution in [0.5, 0.6) is 0 Å². The molecule has 1 aromatic carbocycles. The molecule has 0 bridgehead atoms. The first-order valence-electron chi connectivity index (χ1n) is 8.17. The van der Waals surface area contributed by atoms with Crippen LogP contribution in [0.25, 0.3) is 0 Å². The molecular weight excluding hydrogens is 310 g/mol. The van der Waals surface area contributed by atoms with Crippen LogP contribution in [0.3, 0.4) is 0 Å². The van der Waals surface area contributed by atoms with Crippen molar-refractivity contribution >= 4 is 21.6 Å². The molecule has 0 saturated heterocycles.